The average Bonchev–Trinajstić information content (AvgIpc) is 2.23. The summed E-state index contributed by atoms with van der Waals surface area (Å²) in [6.07, 6.45) is 1.45. The third-order valence-electron chi connectivity index (χ3n) is 2.13. The Labute approximate surface area is 94.3 Å². The highest BCUT2D eigenvalue weighted by Gasteiger charge is 2.03. The van der Waals surface area contributed by atoms with E-state index in [4.69, 9.17) is 5.11 Å². The van der Waals surface area contributed by atoms with Gasteiger partial charge in [-0.25, -0.2) is 4.98 Å². The van der Waals surface area contributed by atoms with Crippen LogP contribution in [0.3, 0.4) is 0 Å². The van der Waals surface area contributed by atoms with Gasteiger partial charge in [0.2, 0.25) is 0 Å². The van der Waals surface area contributed by atoms with Crippen LogP contribution in [-0.2, 0) is 6.54 Å². The predicted octanol–water partition coefficient (Wildman–Crippen LogP) is 1.15. The number of aromatic nitrogens is 2. The van der Waals surface area contributed by atoms with Crippen molar-refractivity contribution in [2.75, 3.05) is 6.61 Å². The van der Waals surface area contributed by atoms with Gasteiger partial charge in [0.05, 0.1) is 30.4 Å². The fraction of sp³-hybridized carbons (Fsp3) is 0.200. The second-order valence-electron chi connectivity index (χ2n) is 3.13. The first-order chi connectivity index (χ1) is 7.22. The van der Waals surface area contributed by atoms with Crippen molar-refractivity contribution < 1.29 is 5.11 Å². The SMILES string of the molecule is O=c1c2cc(Br)ccc2ncn1CCO. The summed E-state index contributed by atoms with van der Waals surface area (Å²) in [4.78, 5) is 16.0. The molecule has 0 spiro atoms. The summed E-state index contributed by atoms with van der Waals surface area (Å²) >= 11 is 3.30. The molecule has 1 N–H and O–H groups in total. The highest BCUT2D eigenvalue weighted by Crippen LogP contribution is 2.14. The second kappa shape index (κ2) is 4.12. The summed E-state index contributed by atoms with van der Waals surface area (Å²) in [6.45, 7) is 0.204. The van der Waals surface area contributed by atoms with Crippen molar-refractivity contribution in [1.29, 1.82) is 0 Å². The summed E-state index contributed by atoms with van der Waals surface area (Å²) in [6, 6.07) is 5.35. The van der Waals surface area contributed by atoms with E-state index < -0.39 is 0 Å². The molecule has 1 heterocycles. The lowest BCUT2D eigenvalue weighted by molar-refractivity contribution is 0.274. The minimum atomic E-state index is -0.129. The summed E-state index contributed by atoms with van der Waals surface area (Å²) in [5.74, 6) is 0. The van der Waals surface area contributed by atoms with E-state index in [0.29, 0.717) is 10.9 Å². The molecule has 15 heavy (non-hydrogen) atoms. The Bertz CT molecular complexity index is 551. The van der Waals surface area contributed by atoms with Crippen LogP contribution < -0.4 is 5.56 Å². The van der Waals surface area contributed by atoms with Gasteiger partial charge >= 0.3 is 0 Å². The van der Waals surface area contributed by atoms with Crippen molar-refractivity contribution >= 4 is 26.8 Å². The Balaban J connectivity index is 2.71. The number of aliphatic hydroxyl groups excluding tert-OH is 1. The maximum atomic E-state index is 11.9. The van der Waals surface area contributed by atoms with Gasteiger partial charge in [-0.3, -0.25) is 9.36 Å². The first-order valence-electron chi connectivity index (χ1n) is 4.48. The molecular weight excluding hydrogens is 260 g/mol. The normalized spacial score (nSPS) is 10.8. The minimum absolute atomic E-state index is 0.0684. The number of halogens is 1. The lowest BCUT2D eigenvalue weighted by Crippen LogP contribution is -2.22. The standard InChI is InChI=1S/C10H9BrN2O2/c11-7-1-2-9-8(5-7)10(15)13(3-4-14)6-12-9/h1-2,5-6,14H,3-4H2. The predicted molar refractivity (Wildman–Crippen MR) is 60.8 cm³/mol. The van der Waals surface area contributed by atoms with Crippen molar-refractivity contribution in [1.82, 2.24) is 9.55 Å². The lowest BCUT2D eigenvalue weighted by atomic mass is 10.2. The summed E-state index contributed by atoms with van der Waals surface area (Å²) < 4.78 is 2.24. The molecule has 0 unspecified atom stereocenters. The monoisotopic (exact) mass is 268 g/mol. The second-order valence-corrected chi connectivity index (χ2v) is 4.04. The molecule has 0 fully saturated rings. The molecule has 0 amide bonds. The first kappa shape index (κ1) is 10.3. The summed E-state index contributed by atoms with van der Waals surface area (Å²) in [7, 11) is 0. The van der Waals surface area contributed by atoms with E-state index in [2.05, 4.69) is 20.9 Å². The van der Waals surface area contributed by atoms with Crippen LogP contribution >= 0.6 is 15.9 Å². The van der Waals surface area contributed by atoms with Gasteiger partial charge in [-0.15, -0.1) is 0 Å². The van der Waals surface area contributed by atoms with Crippen LogP contribution in [0.4, 0.5) is 0 Å². The van der Waals surface area contributed by atoms with Gasteiger partial charge in [0, 0.05) is 4.47 Å². The number of hydrogen-bond acceptors (Lipinski definition) is 3. The molecule has 2 aromatic rings. The molecule has 5 heteroatoms. The highest BCUT2D eigenvalue weighted by molar-refractivity contribution is 9.10. The first-order valence-corrected chi connectivity index (χ1v) is 5.27. The van der Waals surface area contributed by atoms with E-state index in [1.165, 1.54) is 10.9 Å². The zero-order valence-electron chi connectivity index (χ0n) is 7.85. The van der Waals surface area contributed by atoms with E-state index in [-0.39, 0.29) is 18.7 Å². The van der Waals surface area contributed by atoms with Crippen LogP contribution in [0.2, 0.25) is 0 Å². The lowest BCUT2D eigenvalue weighted by Gasteiger charge is -2.04. The van der Waals surface area contributed by atoms with Gasteiger partial charge in [-0.05, 0) is 18.2 Å². The van der Waals surface area contributed by atoms with Crippen molar-refractivity contribution in [2.45, 2.75) is 6.54 Å². The number of aliphatic hydroxyl groups is 1. The zero-order valence-corrected chi connectivity index (χ0v) is 9.44. The molecule has 0 saturated carbocycles. The molecule has 0 saturated heterocycles. The van der Waals surface area contributed by atoms with Crippen LogP contribution in [-0.4, -0.2) is 21.3 Å². The Morgan fingerprint density at radius 2 is 2.27 bits per heavy atom. The van der Waals surface area contributed by atoms with Crippen LogP contribution in [0.25, 0.3) is 10.9 Å². The molecule has 2 rings (SSSR count). The largest absolute Gasteiger partial charge is 0.395 e. The molecule has 1 aromatic heterocycles. The number of fused-ring (bicyclic) bond motifs is 1. The van der Waals surface area contributed by atoms with Gasteiger partial charge in [-0.1, -0.05) is 15.9 Å². The third-order valence-corrected chi connectivity index (χ3v) is 2.62. The van der Waals surface area contributed by atoms with E-state index in [1.807, 2.05) is 6.07 Å². The molecule has 78 valence electrons. The molecule has 0 atom stereocenters. The molecule has 4 nitrogen and oxygen atoms in total. The maximum Gasteiger partial charge on any atom is 0.261 e. The van der Waals surface area contributed by atoms with Gasteiger partial charge in [0.1, 0.15) is 0 Å². The van der Waals surface area contributed by atoms with Crippen LogP contribution in [0.5, 0.6) is 0 Å². The van der Waals surface area contributed by atoms with Gasteiger partial charge in [-0.2, -0.15) is 0 Å². The van der Waals surface area contributed by atoms with Crippen LogP contribution in [0, 0.1) is 0 Å². The number of nitrogens with zero attached hydrogens (tertiary/aromatic N) is 2. The van der Waals surface area contributed by atoms with Gasteiger partial charge in [0.25, 0.3) is 5.56 Å². The van der Waals surface area contributed by atoms with Gasteiger partial charge < -0.3 is 5.11 Å². The van der Waals surface area contributed by atoms with E-state index >= 15 is 0 Å². The smallest absolute Gasteiger partial charge is 0.261 e. The Morgan fingerprint density at radius 3 is 3.00 bits per heavy atom. The zero-order chi connectivity index (χ0) is 10.8. The third kappa shape index (κ3) is 1.93. The maximum absolute atomic E-state index is 11.9. The summed E-state index contributed by atoms with van der Waals surface area (Å²) in [5.41, 5.74) is 0.535. The van der Waals surface area contributed by atoms with Crippen molar-refractivity contribution in [3.05, 3.63) is 39.4 Å². The molecule has 0 aliphatic heterocycles. The molecule has 1 aromatic carbocycles. The molecular formula is C10H9BrN2O2. The van der Waals surface area contributed by atoms with Crippen molar-refractivity contribution in [2.24, 2.45) is 0 Å². The van der Waals surface area contributed by atoms with Gasteiger partial charge in [0.15, 0.2) is 0 Å². The minimum Gasteiger partial charge on any atom is -0.395 e. The molecule has 0 aliphatic rings. The quantitative estimate of drug-likeness (QED) is 0.889. The molecule has 0 radical (unpaired) electrons. The summed E-state index contributed by atoms with van der Waals surface area (Å²) in [5, 5.41) is 9.33. The van der Waals surface area contributed by atoms with Crippen LogP contribution in [0.15, 0.2) is 33.8 Å². The van der Waals surface area contributed by atoms with Crippen LogP contribution in [0.1, 0.15) is 0 Å². The molecule has 0 aliphatic carbocycles. The topological polar surface area (TPSA) is 55.1 Å². The number of hydrogen-bond donors (Lipinski definition) is 1. The van der Waals surface area contributed by atoms with E-state index in [1.54, 1.807) is 12.1 Å². The Kier molecular flexibility index (Phi) is 2.83. The van der Waals surface area contributed by atoms with E-state index in [0.717, 1.165) is 4.47 Å². The average molecular weight is 269 g/mol. The molecule has 0 bridgehead atoms. The number of benzene rings is 1. The van der Waals surface area contributed by atoms with Crippen molar-refractivity contribution in [3.8, 4) is 0 Å². The number of rotatable bonds is 2. The fourth-order valence-electron chi connectivity index (χ4n) is 1.40. The fourth-order valence-corrected chi connectivity index (χ4v) is 1.76. The highest BCUT2D eigenvalue weighted by atomic mass is 79.9. The Morgan fingerprint density at radius 1 is 1.47 bits per heavy atom. The Hall–Kier alpha value is -1.20. The van der Waals surface area contributed by atoms with Crippen molar-refractivity contribution in [3.63, 3.8) is 0 Å². The van der Waals surface area contributed by atoms with E-state index in [9.17, 15) is 4.79 Å².